The molecule has 0 aliphatic carbocycles. The molecule has 0 N–H and O–H groups in total. The maximum atomic E-state index is 10.8. The van der Waals surface area contributed by atoms with Crippen molar-refractivity contribution < 1.29 is 4.92 Å². The summed E-state index contributed by atoms with van der Waals surface area (Å²) in [5.74, 6) is 0. The molecule has 0 aliphatic heterocycles. The van der Waals surface area contributed by atoms with Crippen LogP contribution in [-0.2, 0) is 0 Å². The Bertz CT molecular complexity index is 594. The average molecular weight is 352 g/mol. The molecule has 0 radical (unpaired) electrons. The van der Waals surface area contributed by atoms with Crippen molar-refractivity contribution in [2.24, 2.45) is 4.99 Å². The smallest absolute Gasteiger partial charge is 0.258 e. The van der Waals surface area contributed by atoms with Crippen molar-refractivity contribution in [1.29, 1.82) is 0 Å². The first kappa shape index (κ1) is 12.7. The quantitative estimate of drug-likeness (QED) is 0.364. The number of nitro benzene ring substituents is 1. The third-order valence-corrected chi connectivity index (χ3v) is 3.03. The van der Waals surface area contributed by atoms with E-state index >= 15 is 0 Å². The Balaban J connectivity index is 2.29. The van der Waals surface area contributed by atoms with Crippen LogP contribution in [0.15, 0.2) is 53.5 Å². The summed E-state index contributed by atoms with van der Waals surface area (Å²) in [6.07, 6.45) is 1.51. The predicted molar refractivity (Wildman–Crippen MR) is 79.5 cm³/mol. The molecule has 0 atom stereocenters. The van der Waals surface area contributed by atoms with Gasteiger partial charge < -0.3 is 0 Å². The molecule has 90 valence electrons. The molecule has 0 unspecified atom stereocenters. The number of benzene rings is 2. The number of nitrogens with zero attached hydrogens (tertiary/aromatic N) is 2. The van der Waals surface area contributed by atoms with Crippen LogP contribution < -0.4 is 0 Å². The minimum absolute atomic E-state index is 0.0618. The van der Waals surface area contributed by atoms with Gasteiger partial charge in [-0.25, -0.2) is 0 Å². The van der Waals surface area contributed by atoms with Crippen LogP contribution in [0, 0.1) is 13.7 Å². The summed E-state index contributed by atoms with van der Waals surface area (Å²) in [5.41, 5.74) is 1.33. The minimum Gasteiger partial charge on any atom is -0.258 e. The van der Waals surface area contributed by atoms with Crippen LogP contribution in [0.25, 0.3) is 0 Å². The van der Waals surface area contributed by atoms with Gasteiger partial charge in [-0.05, 0) is 52.9 Å². The molecule has 18 heavy (non-hydrogen) atoms. The lowest BCUT2D eigenvalue weighted by atomic mass is 10.2. The van der Waals surface area contributed by atoms with E-state index in [1.807, 2.05) is 24.3 Å². The van der Waals surface area contributed by atoms with Crippen molar-refractivity contribution in [3.05, 3.63) is 67.8 Å². The van der Waals surface area contributed by atoms with Crippen molar-refractivity contribution in [3.8, 4) is 0 Å². The lowest BCUT2D eigenvalue weighted by Gasteiger charge is -1.97. The van der Waals surface area contributed by atoms with Crippen molar-refractivity contribution in [3.63, 3.8) is 0 Å². The first-order valence-corrected chi connectivity index (χ1v) is 6.28. The second-order valence-corrected chi connectivity index (χ2v) is 4.80. The third kappa shape index (κ3) is 3.13. The summed E-state index contributed by atoms with van der Waals surface area (Å²) >= 11 is 2.21. The topological polar surface area (TPSA) is 55.5 Å². The number of nitro groups is 1. The molecule has 0 aliphatic rings. The molecule has 2 rings (SSSR count). The van der Waals surface area contributed by atoms with Crippen LogP contribution in [0.1, 0.15) is 5.56 Å². The fourth-order valence-corrected chi connectivity index (χ4v) is 1.79. The predicted octanol–water partition coefficient (Wildman–Crippen LogP) is 3.95. The van der Waals surface area contributed by atoms with E-state index in [2.05, 4.69) is 27.6 Å². The second kappa shape index (κ2) is 5.72. The maximum Gasteiger partial charge on any atom is 0.278 e. The zero-order valence-corrected chi connectivity index (χ0v) is 11.4. The molecule has 0 spiro atoms. The van der Waals surface area contributed by atoms with Crippen LogP contribution in [0.2, 0.25) is 0 Å². The number of halogens is 1. The first-order valence-electron chi connectivity index (χ1n) is 5.20. The largest absolute Gasteiger partial charge is 0.278 e. The van der Waals surface area contributed by atoms with Crippen molar-refractivity contribution in [2.75, 3.05) is 0 Å². The first-order chi connectivity index (χ1) is 8.66. The SMILES string of the molecule is O=[N+]([O-])c1ccccc1C=Nc1ccc(I)cc1. The van der Waals surface area contributed by atoms with Gasteiger partial charge in [0.1, 0.15) is 0 Å². The number of aliphatic imine (C=N–C) groups is 1. The molecule has 0 amide bonds. The fourth-order valence-electron chi connectivity index (χ4n) is 1.43. The van der Waals surface area contributed by atoms with E-state index < -0.39 is 4.92 Å². The van der Waals surface area contributed by atoms with Gasteiger partial charge in [0.2, 0.25) is 0 Å². The number of hydrogen-bond acceptors (Lipinski definition) is 3. The molecule has 5 heteroatoms. The Hall–Kier alpha value is -1.76. The highest BCUT2D eigenvalue weighted by atomic mass is 127. The van der Waals surface area contributed by atoms with Gasteiger partial charge in [-0.15, -0.1) is 0 Å². The lowest BCUT2D eigenvalue weighted by Crippen LogP contribution is -1.93. The van der Waals surface area contributed by atoms with Gasteiger partial charge in [0.25, 0.3) is 5.69 Å². The van der Waals surface area contributed by atoms with E-state index in [9.17, 15) is 10.1 Å². The average Bonchev–Trinajstić information content (AvgIpc) is 2.38. The Labute approximate surface area is 118 Å². The summed E-state index contributed by atoms with van der Waals surface area (Å²) in [4.78, 5) is 14.6. The monoisotopic (exact) mass is 352 g/mol. The molecule has 2 aromatic rings. The molecule has 0 saturated carbocycles. The highest BCUT2D eigenvalue weighted by Crippen LogP contribution is 2.18. The Morgan fingerprint density at radius 2 is 1.78 bits per heavy atom. The molecule has 0 bridgehead atoms. The molecule has 4 nitrogen and oxygen atoms in total. The van der Waals surface area contributed by atoms with Gasteiger partial charge in [0.05, 0.1) is 16.2 Å². The van der Waals surface area contributed by atoms with E-state index in [0.29, 0.717) is 5.56 Å². The molecule has 0 saturated heterocycles. The second-order valence-electron chi connectivity index (χ2n) is 3.55. The van der Waals surface area contributed by atoms with Crippen molar-refractivity contribution >= 4 is 40.2 Å². The molecule has 0 aromatic heterocycles. The summed E-state index contributed by atoms with van der Waals surface area (Å²) in [5, 5.41) is 10.8. The van der Waals surface area contributed by atoms with E-state index in [0.717, 1.165) is 9.26 Å². The molecule has 0 fully saturated rings. The van der Waals surface area contributed by atoms with E-state index in [1.54, 1.807) is 18.2 Å². The summed E-state index contributed by atoms with van der Waals surface area (Å²) in [6, 6.07) is 14.1. The van der Waals surface area contributed by atoms with Gasteiger partial charge in [-0.2, -0.15) is 0 Å². The number of hydrogen-bond donors (Lipinski definition) is 0. The number of rotatable bonds is 3. The van der Waals surface area contributed by atoms with E-state index in [1.165, 1.54) is 12.3 Å². The standard InChI is InChI=1S/C13H9IN2O2/c14-11-5-7-12(8-6-11)15-9-10-3-1-2-4-13(10)16(17)18/h1-9H. The van der Waals surface area contributed by atoms with Gasteiger partial charge in [0.15, 0.2) is 0 Å². The summed E-state index contributed by atoms with van der Waals surface area (Å²) < 4.78 is 1.12. The molecule has 0 heterocycles. The Kier molecular flexibility index (Phi) is 4.03. The van der Waals surface area contributed by atoms with Crippen LogP contribution in [-0.4, -0.2) is 11.1 Å². The Morgan fingerprint density at radius 1 is 1.11 bits per heavy atom. The highest BCUT2D eigenvalue weighted by Gasteiger charge is 2.09. The van der Waals surface area contributed by atoms with Crippen molar-refractivity contribution in [2.45, 2.75) is 0 Å². The summed E-state index contributed by atoms with van der Waals surface area (Å²) in [6.45, 7) is 0. The fraction of sp³-hybridized carbons (Fsp3) is 0. The van der Waals surface area contributed by atoms with Crippen LogP contribution in [0.5, 0.6) is 0 Å². The van der Waals surface area contributed by atoms with Crippen LogP contribution in [0.4, 0.5) is 11.4 Å². The van der Waals surface area contributed by atoms with Crippen LogP contribution >= 0.6 is 22.6 Å². The van der Waals surface area contributed by atoms with Gasteiger partial charge >= 0.3 is 0 Å². The van der Waals surface area contributed by atoms with Gasteiger partial charge in [-0.3, -0.25) is 15.1 Å². The van der Waals surface area contributed by atoms with Gasteiger partial charge in [-0.1, -0.05) is 12.1 Å². The zero-order chi connectivity index (χ0) is 13.0. The van der Waals surface area contributed by atoms with E-state index in [4.69, 9.17) is 0 Å². The zero-order valence-electron chi connectivity index (χ0n) is 9.29. The Morgan fingerprint density at radius 3 is 2.44 bits per heavy atom. The van der Waals surface area contributed by atoms with Crippen molar-refractivity contribution in [1.82, 2.24) is 0 Å². The molecular formula is C13H9IN2O2. The van der Waals surface area contributed by atoms with Crippen LogP contribution in [0.3, 0.4) is 0 Å². The maximum absolute atomic E-state index is 10.8. The number of para-hydroxylation sites is 1. The lowest BCUT2D eigenvalue weighted by molar-refractivity contribution is -0.385. The normalized spacial score (nSPS) is 10.7. The third-order valence-electron chi connectivity index (χ3n) is 2.31. The molecular weight excluding hydrogens is 343 g/mol. The summed E-state index contributed by atoms with van der Waals surface area (Å²) in [7, 11) is 0. The van der Waals surface area contributed by atoms with Gasteiger partial charge in [0, 0.05) is 15.9 Å². The highest BCUT2D eigenvalue weighted by molar-refractivity contribution is 14.1. The minimum atomic E-state index is -0.407. The van der Waals surface area contributed by atoms with E-state index in [-0.39, 0.29) is 5.69 Å². The molecule has 2 aromatic carbocycles.